The lowest BCUT2D eigenvalue weighted by molar-refractivity contribution is -0.384. The van der Waals surface area contributed by atoms with E-state index in [1.165, 1.54) is 19.2 Å². The van der Waals surface area contributed by atoms with Crippen LogP contribution in [-0.4, -0.2) is 24.6 Å². The molecule has 0 saturated heterocycles. The molecule has 0 saturated carbocycles. The topological polar surface area (TPSA) is 78.7 Å². The Labute approximate surface area is 105 Å². The molecule has 0 aliphatic rings. The molecular formula is C12H15NO5. The fourth-order valence-corrected chi connectivity index (χ4v) is 1.36. The quantitative estimate of drug-likeness (QED) is 0.336. The zero-order valence-corrected chi connectivity index (χ0v) is 10.3. The Kier molecular flexibility index (Phi) is 5.10. The van der Waals surface area contributed by atoms with E-state index in [0.29, 0.717) is 18.8 Å². The summed E-state index contributed by atoms with van der Waals surface area (Å²) in [6.45, 7) is 2.12. The third kappa shape index (κ3) is 4.04. The van der Waals surface area contributed by atoms with Gasteiger partial charge in [-0.15, -0.1) is 0 Å². The van der Waals surface area contributed by atoms with Gasteiger partial charge in [-0.3, -0.25) is 14.9 Å². The maximum atomic E-state index is 10.9. The molecule has 1 rings (SSSR count). The summed E-state index contributed by atoms with van der Waals surface area (Å²) in [5.74, 6) is 0.170. The van der Waals surface area contributed by atoms with E-state index in [2.05, 4.69) is 4.74 Å². The Morgan fingerprint density at radius 3 is 2.78 bits per heavy atom. The molecule has 0 atom stereocenters. The van der Waals surface area contributed by atoms with Crippen molar-refractivity contribution in [3.05, 3.63) is 33.9 Å². The molecule has 0 aliphatic heterocycles. The van der Waals surface area contributed by atoms with Crippen LogP contribution in [0.5, 0.6) is 5.75 Å². The van der Waals surface area contributed by atoms with Crippen LogP contribution in [0.2, 0.25) is 0 Å². The Morgan fingerprint density at radius 1 is 1.44 bits per heavy atom. The lowest BCUT2D eigenvalue weighted by Gasteiger charge is -2.08. The molecule has 0 aromatic heterocycles. The monoisotopic (exact) mass is 253 g/mol. The fourth-order valence-electron chi connectivity index (χ4n) is 1.36. The van der Waals surface area contributed by atoms with Gasteiger partial charge >= 0.3 is 5.97 Å². The van der Waals surface area contributed by atoms with Crippen molar-refractivity contribution in [1.82, 2.24) is 0 Å². The first-order chi connectivity index (χ1) is 8.54. The van der Waals surface area contributed by atoms with Gasteiger partial charge in [-0.05, 0) is 25.0 Å². The maximum absolute atomic E-state index is 10.9. The molecule has 98 valence electrons. The highest BCUT2D eigenvalue weighted by molar-refractivity contribution is 5.69. The second-order valence-corrected chi connectivity index (χ2v) is 3.74. The van der Waals surface area contributed by atoms with Crippen molar-refractivity contribution in [2.75, 3.05) is 13.7 Å². The van der Waals surface area contributed by atoms with Gasteiger partial charge in [0.1, 0.15) is 5.75 Å². The summed E-state index contributed by atoms with van der Waals surface area (Å²) < 4.78 is 9.90. The molecule has 0 bridgehead atoms. The van der Waals surface area contributed by atoms with Gasteiger partial charge in [-0.2, -0.15) is 0 Å². The summed E-state index contributed by atoms with van der Waals surface area (Å²) in [6.07, 6.45) is 0.777. The highest BCUT2D eigenvalue weighted by atomic mass is 16.6. The van der Waals surface area contributed by atoms with Crippen molar-refractivity contribution in [1.29, 1.82) is 0 Å². The molecule has 0 aliphatic carbocycles. The number of carbonyl (C=O) groups excluding carboxylic acids is 1. The molecule has 0 radical (unpaired) electrons. The number of hydrogen-bond donors (Lipinski definition) is 0. The molecule has 0 N–H and O–H groups in total. The van der Waals surface area contributed by atoms with Crippen molar-refractivity contribution >= 4 is 11.7 Å². The first kappa shape index (κ1) is 14.0. The molecule has 6 nitrogen and oxygen atoms in total. The highest BCUT2D eigenvalue weighted by Gasteiger charge is 2.09. The number of non-ortho nitro benzene ring substituents is 1. The Bertz CT molecular complexity index is 444. The minimum atomic E-state index is -0.471. The third-order valence-corrected chi connectivity index (χ3v) is 2.39. The van der Waals surface area contributed by atoms with E-state index in [-0.39, 0.29) is 18.1 Å². The molecule has 0 heterocycles. The van der Waals surface area contributed by atoms with E-state index < -0.39 is 4.92 Å². The van der Waals surface area contributed by atoms with E-state index in [1.807, 2.05) is 0 Å². The Balaban J connectivity index is 2.53. The van der Waals surface area contributed by atoms with Gasteiger partial charge in [0.05, 0.1) is 24.7 Å². The highest BCUT2D eigenvalue weighted by Crippen LogP contribution is 2.24. The van der Waals surface area contributed by atoms with Crippen LogP contribution < -0.4 is 4.74 Å². The number of nitro groups is 1. The first-order valence-corrected chi connectivity index (χ1v) is 5.49. The number of ether oxygens (including phenoxy) is 2. The van der Waals surface area contributed by atoms with Crippen LogP contribution in [0.4, 0.5) is 5.69 Å². The number of carbonyl (C=O) groups is 1. The van der Waals surface area contributed by atoms with Crippen molar-refractivity contribution < 1.29 is 19.2 Å². The number of benzene rings is 1. The Morgan fingerprint density at radius 2 is 2.17 bits per heavy atom. The number of rotatable bonds is 6. The van der Waals surface area contributed by atoms with Crippen LogP contribution in [0.3, 0.4) is 0 Å². The SMILES string of the molecule is COC(=O)CCCOc1cc([N+](=O)[O-])ccc1C. The summed E-state index contributed by atoms with van der Waals surface area (Å²) in [4.78, 5) is 21.0. The minimum Gasteiger partial charge on any atom is -0.493 e. The summed E-state index contributed by atoms with van der Waals surface area (Å²) >= 11 is 0. The molecule has 18 heavy (non-hydrogen) atoms. The summed E-state index contributed by atoms with van der Waals surface area (Å²) in [7, 11) is 1.33. The van der Waals surface area contributed by atoms with Gasteiger partial charge in [-0.25, -0.2) is 0 Å². The average molecular weight is 253 g/mol. The molecule has 1 aromatic rings. The van der Waals surface area contributed by atoms with Crippen LogP contribution >= 0.6 is 0 Å². The maximum Gasteiger partial charge on any atom is 0.305 e. The van der Waals surface area contributed by atoms with E-state index >= 15 is 0 Å². The van der Waals surface area contributed by atoms with E-state index in [0.717, 1.165) is 5.56 Å². The van der Waals surface area contributed by atoms with Gasteiger partial charge in [0.2, 0.25) is 0 Å². The third-order valence-electron chi connectivity index (χ3n) is 2.39. The van der Waals surface area contributed by atoms with Gasteiger partial charge in [-0.1, -0.05) is 0 Å². The smallest absolute Gasteiger partial charge is 0.305 e. The lowest BCUT2D eigenvalue weighted by Crippen LogP contribution is -2.05. The molecule has 6 heteroatoms. The van der Waals surface area contributed by atoms with Crippen LogP contribution in [-0.2, 0) is 9.53 Å². The standard InChI is InChI=1S/C12H15NO5/c1-9-5-6-10(13(15)16)8-11(9)18-7-3-4-12(14)17-2/h5-6,8H,3-4,7H2,1-2H3. The van der Waals surface area contributed by atoms with Crippen molar-refractivity contribution in [3.63, 3.8) is 0 Å². The number of nitro benzene ring substituents is 1. The lowest BCUT2D eigenvalue weighted by atomic mass is 10.2. The van der Waals surface area contributed by atoms with E-state index in [9.17, 15) is 14.9 Å². The predicted octanol–water partition coefficient (Wildman–Crippen LogP) is 2.24. The molecular weight excluding hydrogens is 238 g/mol. The van der Waals surface area contributed by atoms with Gasteiger partial charge < -0.3 is 9.47 Å². The van der Waals surface area contributed by atoms with E-state index in [4.69, 9.17) is 4.74 Å². The minimum absolute atomic E-state index is 0.0106. The average Bonchev–Trinajstić information content (AvgIpc) is 2.35. The summed E-state index contributed by atoms with van der Waals surface area (Å²) in [6, 6.07) is 4.44. The van der Waals surface area contributed by atoms with Crippen molar-refractivity contribution in [3.8, 4) is 5.75 Å². The van der Waals surface area contributed by atoms with Crippen LogP contribution in [0.15, 0.2) is 18.2 Å². The number of aryl methyl sites for hydroxylation is 1. The van der Waals surface area contributed by atoms with Gasteiger partial charge in [0.25, 0.3) is 5.69 Å². The molecule has 1 aromatic carbocycles. The van der Waals surface area contributed by atoms with E-state index in [1.54, 1.807) is 13.0 Å². The number of hydrogen-bond acceptors (Lipinski definition) is 5. The molecule has 0 amide bonds. The van der Waals surface area contributed by atoms with Gasteiger partial charge in [0, 0.05) is 12.5 Å². The predicted molar refractivity (Wildman–Crippen MR) is 64.6 cm³/mol. The zero-order chi connectivity index (χ0) is 13.5. The summed E-state index contributed by atoms with van der Waals surface area (Å²) in [5, 5.41) is 10.6. The first-order valence-electron chi connectivity index (χ1n) is 5.49. The summed E-state index contributed by atoms with van der Waals surface area (Å²) in [5.41, 5.74) is 0.808. The largest absolute Gasteiger partial charge is 0.493 e. The van der Waals surface area contributed by atoms with Crippen LogP contribution in [0, 0.1) is 17.0 Å². The number of methoxy groups -OCH3 is 1. The second-order valence-electron chi connectivity index (χ2n) is 3.74. The van der Waals surface area contributed by atoms with Gasteiger partial charge in [0.15, 0.2) is 0 Å². The molecule has 0 unspecified atom stereocenters. The van der Waals surface area contributed by atoms with Crippen LogP contribution in [0.25, 0.3) is 0 Å². The second kappa shape index (κ2) is 6.58. The fraction of sp³-hybridized carbons (Fsp3) is 0.417. The molecule has 0 spiro atoms. The van der Waals surface area contributed by atoms with Crippen molar-refractivity contribution in [2.45, 2.75) is 19.8 Å². The number of esters is 1. The Hall–Kier alpha value is -2.11. The zero-order valence-electron chi connectivity index (χ0n) is 10.3. The molecule has 0 fully saturated rings. The normalized spacial score (nSPS) is 9.89. The van der Waals surface area contributed by atoms with Crippen LogP contribution in [0.1, 0.15) is 18.4 Å². The number of nitrogens with zero attached hydrogens (tertiary/aromatic N) is 1. The van der Waals surface area contributed by atoms with Crippen molar-refractivity contribution in [2.24, 2.45) is 0 Å².